The lowest BCUT2D eigenvalue weighted by atomic mass is 10.0. The Hall–Kier alpha value is -1.23. The van der Waals surface area contributed by atoms with Gasteiger partial charge in [-0.1, -0.05) is 6.92 Å². The Morgan fingerprint density at radius 1 is 1.32 bits per heavy atom. The predicted octanol–water partition coefficient (Wildman–Crippen LogP) is 2.97. The number of hydrogen-bond acceptors (Lipinski definition) is 3. The first-order chi connectivity index (χ1) is 8.70. The fourth-order valence-corrected chi connectivity index (χ4v) is 2.75. The molecule has 0 amide bonds. The Bertz CT molecular complexity index is 577. The molecule has 0 spiro atoms. The van der Waals surface area contributed by atoms with Gasteiger partial charge in [0.25, 0.3) is 0 Å². The Morgan fingerprint density at radius 3 is 2.42 bits per heavy atom. The lowest BCUT2D eigenvalue weighted by Gasteiger charge is -2.22. The number of benzene rings is 1. The molecule has 0 bridgehead atoms. The molecule has 2 N–H and O–H groups in total. The SMILES string of the molecule is Cc1cc(NC(C)C2(C)CC2)ccc1NS(C)(=O)=O. The summed E-state index contributed by atoms with van der Waals surface area (Å²) >= 11 is 0. The molecule has 0 saturated heterocycles. The van der Waals surface area contributed by atoms with Crippen molar-refractivity contribution in [1.29, 1.82) is 0 Å². The first-order valence-corrected chi connectivity index (χ1v) is 8.44. The zero-order valence-corrected chi connectivity index (χ0v) is 12.8. The number of rotatable bonds is 5. The van der Waals surface area contributed by atoms with Gasteiger partial charge >= 0.3 is 0 Å². The maximum atomic E-state index is 11.2. The fraction of sp³-hybridized carbons (Fsp3) is 0.571. The van der Waals surface area contributed by atoms with Gasteiger partial charge < -0.3 is 5.32 Å². The standard InChI is InChI=1S/C14H22N2O2S/c1-10-9-12(15-11(2)14(3)7-8-14)5-6-13(10)16-19(4,17)18/h5-6,9,11,15-16H,7-8H2,1-4H3. The third-order valence-electron chi connectivity index (χ3n) is 3.99. The Balaban J connectivity index is 2.10. The summed E-state index contributed by atoms with van der Waals surface area (Å²) in [6.07, 6.45) is 3.70. The molecule has 5 heteroatoms. The summed E-state index contributed by atoms with van der Waals surface area (Å²) in [6.45, 7) is 6.39. The van der Waals surface area contributed by atoms with Gasteiger partial charge in [0.15, 0.2) is 0 Å². The van der Waals surface area contributed by atoms with Gasteiger partial charge in [-0.2, -0.15) is 0 Å². The van der Waals surface area contributed by atoms with Crippen LogP contribution in [0.25, 0.3) is 0 Å². The lowest BCUT2D eigenvalue weighted by molar-refractivity contribution is 0.493. The molecule has 0 aromatic heterocycles. The minimum Gasteiger partial charge on any atom is -0.382 e. The van der Waals surface area contributed by atoms with E-state index in [0.717, 1.165) is 17.5 Å². The Labute approximate surface area is 115 Å². The van der Waals surface area contributed by atoms with Gasteiger partial charge in [0.05, 0.1) is 11.9 Å². The van der Waals surface area contributed by atoms with Gasteiger partial charge in [-0.3, -0.25) is 4.72 Å². The van der Waals surface area contributed by atoms with Gasteiger partial charge in [0.1, 0.15) is 0 Å². The fourth-order valence-electron chi connectivity index (χ4n) is 2.12. The summed E-state index contributed by atoms with van der Waals surface area (Å²) in [5.74, 6) is 0. The molecule has 1 atom stereocenters. The normalized spacial score (nSPS) is 18.7. The van der Waals surface area contributed by atoms with Crippen molar-refractivity contribution in [1.82, 2.24) is 0 Å². The zero-order chi connectivity index (χ0) is 14.3. The minimum atomic E-state index is -3.22. The summed E-state index contributed by atoms with van der Waals surface area (Å²) in [6, 6.07) is 6.14. The molecule has 0 heterocycles. The quantitative estimate of drug-likeness (QED) is 0.873. The molecule has 1 aliphatic carbocycles. The first-order valence-electron chi connectivity index (χ1n) is 6.55. The van der Waals surface area contributed by atoms with E-state index in [-0.39, 0.29) is 0 Å². The van der Waals surface area contributed by atoms with Gasteiger partial charge in [-0.25, -0.2) is 8.42 Å². The maximum Gasteiger partial charge on any atom is 0.229 e. The number of hydrogen-bond donors (Lipinski definition) is 2. The molecular weight excluding hydrogens is 260 g/mol. The van der Waals surface area contributed by atoms with E-state index in [1.807, 2.05) is 19.1 Å². The zero-order valence-electron chi connectivity index (χ0n) is 11.9. The second-order valence-corrected chi connectivity index (χ2v) is 7.67. The first kappa shape index (κ1) is 14.2. The number of nitrogens with one attached hydrogen (secondary N) is 2. The van der Waals surface area contributed by atoms with Gasteiger partial charge in [0.2, 0.25) is 10.0 Å². The molecule has 2 rings (SSSR count). The monoisotopic (exact) mass is 282 g/mol. The van der Waals surface area contributed by atoms with E-state index in [1.165, 1.54) is 12.8 Å². The van der Waals surface area contributed by atoms with Crippen LogP contribution in [0.2, 0.25) is 0 Å². The van der Waals surface area contributed by atoms with Crippen molar-refractivity contribution >= 4 is 21.4 Å². The summed E-state index contributed by atoms with van der Waals surface area (Å²) in [5.41, 5.74) is 3.01. The molecule has 1 fully saturated rings. The highest BCUT2D eigenvalue weighted by molar-refractivity contribution is 7.92. The molecule has 0 radical (unpaired) electrons. The van der Waals surface area contributed by atoms with E-state index >= 15 is 0 Å². The van der Waals surface area contributed by atoms with Gasteiger partial charge in [-0.05, 0) is 55.9 Å². The molecule has 0 aliphatic heterocycles. The largest absolute Gasteiger partial charge is 0.382 e. The minimum absolute atomic E-state index is 0.414. The molecule has 1 aromatic rings. The summed E-state index contributed by atoms with van der Waals surface area (Å²) < 4.78 is 25.0. The Kier molecular flexibility index (Phi) is 3.51. The smallest absolute Gasteiger partial charge is 0.229 e. The molecule has 19 heavy (non-hydrogen) atoms. The van der Waals surface area contributed by atoms with Crippen LogP contribution < -0.4 is 10.0 Å². The summed E-state index contributed by atoms with van der Waals surface area (Å²) in [4.78, 5) is 0. The van der Waals surface area contributed by atoms with Crippen molar-refractivity contribution in [3.8, 4) is 0 Å². The topological polar surface area (TPSA) is 58.2 Å². The maximum absolute atomic E-state index is 11.2. The van der Waals surface area contributed by atoms with Gasteiger partial charge in [-0.15, -0.1) is 0 Å². The molecule has 4 nitrogen and oxygen atoms in total. The van der Waals surface area contributed by atoms with Crippen LogP contribution in [0.3, 0.4) is 0 Å². The third-order valence-corrected chi connectivity index (χ3v) is 4.58. The van der Waals surface area contributed by atoms with E-state index in [2.05, 4.69) is 23.9 Å². The van der Waals surface area contributed by atoms with Crippen LogP contribution in [0.15, 0.2) is 18.2 Å². The average molecular weight is 282 g/mol. The highest BCUT2D eigenvalue weighted by Crippen LogP contribution is 2.48. The predicted molar refractivity (Wildman–Crippen MR) is 80.1 cm³/mol. The van der Waals surface area contributed by atoms with E-state index in [0.29, 0.717) is 17.1 Å². The Morgan fingerprint density at radius 2 is 1.95 bits per heavy atom. The second kappa shape index (κ2) is 4.71. The highest BCUT2D eigenvalue weighted by Gasteiger charge is 2.42. The molecule has 106 valence electrons. The number of aryl methyl sites for hydroxylation is 1. The molecule has 1 unspecified atom stereocenters. The van der Waals surface area contributed by atoms with Crippen molar-refractivity contribution in [2.24, 2.45) is 5.41 Å². The van der Waals surface area contributed by atoms with E-state index in [1.54, 1.807) is 6.07 Å². The van der Waals surface area contributed by atoms with Crippen LogP contribution in [0.5, 0.6) is 0 Å². The molecule has 1 aliphatic rings. The van der Waals surface area contributed by atoms with Crippen LogP contribution in [0.4, 0.5) is 11.4 Å². The van der Waals surface area contributed by atoms with Crippen molar-refractivity contribution in [2.75, 3.05) is 16.3 Å². The lowest BCUT2D eigenvalue weighted by Crippen LogP contribution is -2.24. The van der Waals surface area contributed by atoms with Crippen molar-refractivity contribution < 1.29 is 8.42 Å². The summed E-state index contributed by atoms with van der Waals surface area (Å²) in [7, 11) is -3.22. The highest BCUT2D eigenvalue weighted by atomic mass is 32.2. The van der Waals surface area contributed by atoms with Crippen LogP contribution in [0.1, 0.15) is 32.3 Å². The van der Waals surface area contributed by atoms with Crippen molar-refractivity contribution in [2.45, 2.75) is 39.7 Å². The molecule has 1 aromatic carbocycles. The number of anilines is 2. The van der Waals surface area contributed by atoms with Crippen LogP contribution in [-0.2, 0) is 10.0 Å². The van der Waals surface area contributed by atoms with Crippen LogP contribution in [0, 0.1) is 12.3 Å². The van der Waals surface area contributed by atoms with E-state index < -0.39 is 10.0 Å². The average Bonchev–Trinajstić information content (AvgIpc) is 3.00. The third kappa shape index (κ3) is 3.62. The molecular formula is C14H22N2O2S. The number of sulfonamides is 1. The van der Waals surface area contributed by atoms with Crippen LogP contribution in [-0.4, -0.2) is 20.7 Å². The second-order valence-electron chi connectivity index (χ2n) is 5.92. The van der Waals surface area contributed by atoms with Crippen molar-refractivity contribution in [3.63, 3.8) is 0 Å². The van der Waals surface area contributed by atoms with Gasteiger partial charge in [0, 0.05) is 11.7 Å². The summed E-state index contributed by atoms with van der Waals surface area (Å²) in [5, 5.41) is 3.50. The van der Waals surface area contributed by atoms with Crippen LogP contribution >= 0.6 is 0 Å². The van der Waals surface area contributed by atoms with Crippen molar-refractivity contribution in [3.05, 3.63) is 23.8 Å². The van der Waals surface area contributed by atoms with E-state index in [4.69, 9.17) is 0 Å². The molecule has 1 saturated carbocycles. The van der Waals surface area contributed by atoms with E-state index in [9.17, 15) is 8.42 Å².